The molecule has 8 nitrogen and oxygen atoms in total. The predicted octanol–water partition coefficient (Wildman–Crippen LogP) is 3.76. The summed E-state index contributed by atoms with van der Waals surface area (Å²) >= 11 is 0. The number of sulfonamides is 1. The van der Waals surface area contributed by atoms with Crippen molar-refractivity contribution >= 4 is 21.6 Å². The van der Waals surface area contributed by atoms with E-state index in [0.717, 1.165) is 5.56 Å². The van der Waals surface area contributed by atoms with E-state index >= 15 is 0 Å². The number of aliphatic hydroxyl groups excluding tert-OH is 1. The molecule has 1 amide bonds. The van der Waals surface area contributed by atoms with Crippen LogP contribution >= 0.6 is 0 Å². The number of nitrogens with zero attached hydrogens (tertiary/aromatic N) is 1. The SMILES string of the molecule is CC(C)(C)NS(=O)(=O)c1ccc(CC(=O)N(Cc2ccc3c(c2)OCO3)c2ccccc2CO)cc1. The molecule has 1 heterocycles. The van der Waals surface area contributed by atoms with E-state index in [2.05, 4.69) is 4.72 Å². The number of carbonyl (C=O) groups excluding carboxylic acids is 1. The largest absolute Gasteiger partial charge is 0.454 e. The fourth-order valence-electron chi connectivity index (χ4n) is 3.96. The van der Waals surface area contributed by atoms with E-state index in [0.29, 0.717) is 28.3 Å². The summed E-state index contributed by atoms with van der Waals surface area (Å²) in [5, 5.41) is 9.88. The van der Waals surface area contributed by atoms with Gasteiger partial charge >= 0.3 is 0 Å². The van der Waals surface area contributed by atoms with Gasteiger partial charge in [-0.15, -0.1) is 0 Å². The summed E-state index contributed by atoms with van der Waals surface area (Å²) < 4.78 is 38.7. The molecule has 0 saturated carbocycles. The highest BCUT2D eigenvalue weighted by Crippen LogP contribution is 2.33. The van der Waals surface area contributed by atoms with Crippen LogP contribution in [0.25, 0.3) is 0 Å². The first-order chi connectivity index (χ1) is 17.1. The van der Waals surface area contributed by atoms with E-state index in [1.807, 2.05) is 30.3 Å². The molecule has 0 spiro atoms. The average molecular weight is 511 g/mol. The van der Waals surface area contributed by atoms with Crippen molar-refractivity contribution in [3.8, 4) is 11.5 Å². The van der Waals surface area contributed by atoms with E-state index < -0.39 is 15.6 Å². The number of hydrogen-bond donors (Lipinski definition) is 2. The van der Waals surface area contributed by atoms with E-state index in [9.17, 15) is 18.3 Å². The minimum absolute atomic E-state index is 0.0529. The lowest BCUT2D eigenvalue weighted by Gasteiger charge is -2.25. The smallest absolute Gasteiger partial charge is 0.241 e. The van der Waals surface area contributed by atoms with E-state index in [-0.39, 0.29) is 37.2 Å². The van der Waals surface area contributed by atoms with Crippen LogP contribution in [-0.2, 0) is 34.4 Å². The van der Waals surface area contributed by atoms with Gasteiger partial charge in [0.25, 0.3) is 0 Å². The maximum absolute atomic E-state index is 13.5. The Hall–Kier alpha value is -3.40. The molecule has 9 heteroatoms. The monoisotopic (exact) mass is 510 g/mol. The van der Waals surface area contributed by atoms with E-state index in [4.69, 9.17) is 9.47 Å². The minimum atomic E-state index is -3.67. The van der Waals surface area contributed by atoms with Crippen molar-refractivity contribution in [1.29, 1.82) is 0 Å². The zero-order valence-corrected chi connectivity index (χ0v) is 21.3. The van der Waals surface area contributed by atoms with Crippen LogP contribution in [0.1, 0.15) is 37.5 Å². The lowest BCUT2D eigenvalue weighted by Crippen LogP contribution is -2.40. The number of para-hydroxylation sites is 1. The molecule has 190 valence electrons. The number of fused-ring (bicyclic) bond motifs is 1. The molecule has 4 rings (SSSR count). The van der Waals surface area contributed by atoms with Crippen LogP contribution in [0, 0.1) is 0 Å². The van der Waals surface area contributed by atoms with Crippen molar-refractivity contribution in [3.63, 3.8) is 0 Å². The normalized spacial score (nSPS) is 13.0. The number of rotatable bonds is 8. The zero-order valence-electron chi connectivity index (χ0n) is 20.5. The predicted molar refractivity (Wildman–Crippen MR) is 136 cm³/mol. The van der Waals surface area contributed by atoms with Crippen molar-refractivity contribution in [2.45, 2.75) is 50.8 Å². The van der Waals surface area contributed by atoms with Crippen molar-refractivity contribution in [3.05, 3.63) is 83.4 Å². The van der Waals surface area contributed by atoms with Crippen LogP contribution in [0.3, 0.4) is 0 Å². The average Bonchev–Trinajstić information content (AvgIpc) is 3.29. The van der Waals surface area contributed by atoms with Crippen LogP contribution in [0.15, 0.2) is 71.6 Å². The Morgan fingerprint density at radius 2 is 1.64 bits per heavy atom. The Balaban J connectivity index is 1.59. The summed E-state index contributed by atoms with van der Waals surface area (Å²) in [5.74, 6) is 1.08. The first kappa shape index (κ1) is 25.7. The molecule has 36 heavy (non-hydrogen) atoms. The van der Waals surface area contributed by atoms with Gasteiger partial charge < -0.3 is 19.5 Å². The number of ether oxygens (including phenoxy) is 2. The van der Waals surface area contributed by atoms with Gasteiger partial charge in [0.2, 0.25) is 22.7 Å². The summed E-state index contributed by atoms with van der Waals surface area (Å²) in [4.78, 5) is 15.3. The second-order valence-corrected chi connectivity index (χ2v) is 11.3. The molecule has 0 radical (unpaired) electrons. The number of aliphatic hydroxyl groups is 1. The zero-order chi connectivity index (χ0) is 25.9. The maximum Gasteiger partial charge on any atom is 0.241 e. The summed E-state index contributed by atoms with van der Waals surface area (Å²) in [6, 6.07) is 19.0. The van der Waals surface area contributed by atoms with Crippen LogP contribution in [-0.4, -0.2) is 31.8 Å². The third-order valence-electron chi connectivity index (χ3n) is 5.56. The fourth-order valence-corrected chi connectivity index (χ4v) is 5.37. The molecule has 3 aromatic carbocycles. The van der Waals surface area contributed by atoms with Gasteiger partial charge in [-0.25, -0.2) is 13.1 Å². The highest BCUT2D eigenvalue weighted by atomic mass is 32.2. The van der Waals surface area contributed by atoms with Crippen molar-refractivity contribution in [2.24, 2.45) is 0 Å². The third-order valence-corrected chi connectivity index (χ3v) is 7.33. The molecule has 0 saturated heterocycles. The molecule has 1 aliphatic rings. The van der Waals surface area contributed by atoms with Crippen LogP contribution in [0.5, 0.6) is 11.5 Å². The molecule has 0 aliphatic carbocycles. The van der Waals surface area contributed by atoms with Gasteiger partial charge in [0.15, 0.2) is 11.5 Å². The van der Waals surface area contributed by atoms with Gasteiger partial charge in [-0.1, -0.05) is 36.4 Å². The summed E-state index contributed by atoms with van der Waals surface area (Å²) in [5.41, 5.74) is 2.14. The molecule has 1 aliphatic heterocycles. The minimum Gasteiger partial charge on any atom is -0.454 e. The third kappa shape index (κ3) is 6.04. The topological polar surface area (TPSA) is 105 Å². The van der Waals surface area contributed by atoms with Crippen molar-refractivity contribution in [2.75, 3.05) is 11.7 Å². The lowest BCUT2D eigenvalue weighted by atomic mass is 10.1. The number of carbonyl (C=O) groups is 1. The standard InChI is InChI=1S/C27H30N2O6S/c1-27(2,3)28-36(32,33)22-11-8-19(9-12-22)15-26(31)29(23-7-5-4-6-21(23)17-30)16-20-10-13-24-25(14-20)35-18-34-24/h4-14,28,30H,15-18H2,1-3H3. The number of amides is 1. The van der Waals surface area contributed by atoms with Gasteiger partial charge in [-0.2, -0.15) is 0 Å². The second kappa shape index (κ2) is 10.3. The number of benzene rings is 3. The number of anilines is 1. The molecule has 0 atom stereocenters. The van der Waals surface area contributed by atoms with Gasteiger partial charge in [-0.05, 0) is 62.2 Å². The van der Waals surface area contributed by atoms with Crippen LogP contribution in [0.2, 0.25) is 0 Å². The van der Waals surface area contributed by atoms with Gasteiger partial charge in [0, 0.05) is 16.8 Å². The van der Waals surface area contributed by atoms with E-state index in [1.54, 1.807) is 49.9 Å². The Bertz CT molecular complexity index is 1350. The Morgan fingerprint density at radius 1 is 0.972 bits per heavy atom. The molecule has 0 fully saturated rings. The molecule has 3 aromatic rings. The highest BCUT2D eigenvalue weighted by Gasteiger charge is 2.24. The second-order valence-electron chi connectivity index (χ2n) is 9.63. The first-order valence-corrected chi connectivity index (χ1v) is 13.0. The van der Waals surface area contributed by atoms with Gasteiger partial charge in [0.05, 0.1) is 24.5 Å². The molecular formula is C27H30N2O6S. The molecule has 2 N–H and O–H groups in total. The Morgan fingerprint density at radius 3 is 2.33 bits per heavy atom. The molecule has 0 aromatic heterocycles. The first-order valence-electron chi connectivity index (χ1n) is 11.6. The summed E-state index contributed by atoms with van der Waals surface area (Å²) in [6.07, 6.45) is 0.0529. The fraction of sp³-hybridized carbons (Fsp3) is 0.296. The van der Waals surface area contributed by atoms with Crippen molar-refractivity contribution < 1.29 is 27.8 Å². The summed E-state index contributed by atoms with van der Waals surface area (Å²) in [7, 11) is -3.67. The summed E-state index contributed by atoms with van der Waals surface area (Å²) in [6.45, 7) is 5.53. The Labute approximate surface area is 211 Å². The molecule has 0 bridgehead atoms. The van der Waals surface area contributed by atoms with E-state index in [1.165, 1.54) is 12.1 Å². The lowest BCUT2D eigenvalue weighted by molar-refractivity contribution is -0.118. The van der Waals surface area contributed by atoms with Crippen LogP contribution in [0.4, 0.5) is 5.69 Å². The molecule has 0 unspecified atom stereocenters. The molecular weight excluding hydrogens is 480 g/mol. The quantitative estimate of drug-likeness (QED) is 0.478. The van der Waals surface area contributed by atoms with Gasteiger partial charge in [0.1, 0.15) is 0 Å². The Kier molecular flexibility index (Phi) is 7.35. The number of hydrogen-bond acceptors (Lipinski definition) is 6. The maximum atomic E-state index is 13.5. The van der Waals surface area contributed by atoms with Crippen LogP contribution < -0.4 is 19.1 Å². The van der Waals surface area contributed by atoms with Crippen molar-refractivity contribution in [1.82, 2.24) is 4.72 Å². The highest BCUT2D eigenvalue weighted by molar-refractivity contribution is 7.89. The van der Waals surface area contributed by atoms with Gasteiger partial charge in [-0.3, -0.25) is 4.79 Å². The number of nitrogens with one attached hydrogen (secondary N) is 1.